The molecule has 0 radical (unpaired) electrons. The zero-order valence-electron chi connectivity index (χ0n) is 16.4. The third kappa shape index (κ3) is 4.93. The van der Waals surface area contributed by atoms with Gasteiger partial charge < -0.3 is 9.84 Å². The molecule has 1 amide bonds. The van der Waals surface area contributed by atoms with Crippen LogP contribution in [0, 0.1) is 6.92 Å². The minimum atomic E-state index is -0.146. The first kappa shape index (κ1) is 19.8. The Balaban J connectivity index is 1.34. The maximum atomic E-state index is 12.4. The monoisotopic (exact) mass is 421 g/mol. The number of aromatic nitrogens is 4. The summed E-state index contributed by atoms with van der Waals surface area (Å²) in [6, 6.07) is 17.1. The molecule has 0 bridgehead atoms. The van der Waals surface area contributed by atoms with Gasteiger partial charge in [-0.15, -0.1) is 0 Å². The van der Waals surface area contributed by atoms with Crippen molar-refractivity contribution in [2.75, 3.05) is 5.32 Å². The number of benzene rings is 2. The predicted molar refractivity (Wildman–Crippen MR) is 114 cm³/mol. The minimum Gasteiger partial charge on any atom is -0.339 e. The molecule has 4 aromatic rings. The first-order valence-corrected chi connectivity index (χ1v) is 9.90. The van der Waals surface area contributed by atoms with Crippen molar-refractivity contribution in [3.05, 3.63) is 82.8 Å². The summed E-state index contributed by atoms with van der Waals surface area (Å²) in [5.41, 5.74) is 3.11. The number of nitrogens with zero attached hydrogens (tertiary/aromatic N) is 4. The number of aryl methyl sites for hydroxylation is 2. The lowest BCUT2D eigenvalue weighted by atomic mass is 10.1. The van der Waals surface area contributed by atoms with Gasteiger partial charge in [0.15, 0.2) is 0 Å². The molecule has 8 heteroatoms. The van der Waals surface area contributed by atoms with Gasteiger partial charge in [0.2, 0.25) is 17.6 Å². The number of amides is 1. The summed E-state index contributed by atoms with van der Waals surface area (Å²) in [6.07, 6.45) is 2.23. The Morgan fingerprint density at radius 1 is 1.17 bits per heavy atom. The number of anilines is 1. The number of nitrogens with one attached hydrogen (secondary N) is 1. The summed E-state index contributed by atoms with van der Waals surface area (Å²) in [5.74, 6) is 1.38. The van der Waals surface area contributed by atoms with Crippen LogP contribution in [0.3, 0.4) is 0 Å². The van der Waals surface area contributed by atoms with Crippen molar-refractivity contribution < 1.29 is 9.32 Å². The molecule has 0 saturated carbocycles. The maximum absolute atomic E-state index is 12.4. The topological polar surface area (TPSA) is 85.8 Å². The van der Waals surface area contributed by atoms with Gasteiger partial charge in [0, 0.05) is 29.5 Å². The fraction of sp³-hybridized carbons (Fsp3) is 0.182. The largest absolute Gasteiger partial charge is 0.339 e. The van der Waals surface area contributed by atoms with Crippen molar-refractivity contribution in [3.8, 4) is 11.4 Å². The average molecular weight is 422 g/mol. The molecule has 4 rings (SSSR count). The maximum Gasteiger partial charge on any atom is 0.227 e. The molecule has 0 spiro atoms. The van der Waals surface area contributed by atoms with Crippen molar-refractivity contribution in [1.29, 1.82) is 0 Å². The molecule has 1 N–H and O–H groups in total. The second-order valence-electron chi connectivity index (χ2n) is 6.93. The second-order valence-corrected chi connectivity index (χ2v) is 7.37. The standard InChI is InChI=1S/C22H20ClN5O2/c1-15-3-2-4-16(13-15)14-28-19(11-12-24-28)25-20(29)9-10-21-26-22(27-30-21)17-5-7-18(23)8-6-17/h2-8,11-13H,9-10,14H2,1H3,(H,25,29). The zero-order chi connectivity index (χ0) is 20.9. The van der Waals surface area contributed by atoms with Crippen LogP contribution in [0.4, 0.5) is 5.82 Å². The summed E-state index contributed by atoms with van der Waals surface area (Å²) in [6.45, 7) is 2.63. The quantitative estimate of drug-likeness (QED) is 0.474. The van der Waals surface area contributed by atoms with E-state index in [2.05, 4.69) is 26.6 Å². The Bertz CT molecular complexity index is 1150. The lowest BCUT2D eigenvalue weighted by molar-refractivity contribution is -0.116. The molecule has 7 nitrogen and oxygen atoms in total. The highest BCUT2D eigenvalue weighted by Crippen LogP contribution is 2.19. The van der Waals surface area contributed by atoms with Crippen LogP contribution in [0.5, 0.6) is 0 Å². The number of rotatable bonds is 7. The van der Waals surface area contributed by atoms with Crippen LogP contribution < -0.4 is 5.32 Å². The molecule has 2 aromatic carbocycles. The number of hydrogen-bond donors (Lipinski definition) is 1. The summed E-state index contributed by atoms with van der Waals surface area (Å²) < 4.78 is 7.02. The molecular weight excluding hydrogens is 402 g/mol. The first-order chi connectivity index (χ1) is 14.6. The summed E-state index contributed by atoms with van der Waals surface area (Å²) in [5, 5.41) is 11.8. The van der Waals surface area contributed by atoms with Crippen molar-refractivity contribution in [2.24, 2.45) is 0 Å². The molecule has 0 aliphatic rings. The van der Waals surface area contributed by atoms with E-state index < -0.39 is 0 Å². The van der Waals surface area contributed by atoms with Crippen LogP contribution in [-0.2, 0) is 17.8 Å². The number of carbonyl (C=O) groups excluding carboxylic acids is 1. The van der Waals surface area contributed by atoms with Crippen LogP contribution in [0.15, 0.2) is 65.3 Å². The highest BCUT2D eigenvalue weighted by Gasteiger charge is 2.12. The van der Waals surface area contributed by atoms with E-state index >= 15 is 0 Å². The van der Waals surface area contributed by atoms with Gasteiger partial charge >= 0.3 is 0 Å². The molecule has 0 unspecified atom stereocenters. The molecule has 2 aromatic heterocycles. The van der Waals surface area contributed by atoms with Crippen molar-refractivity contribution in [2.45, 2.75) is 26.3 Å². The molecule has 0 saturated heterocycles. The van der Waals surface area contributed by atoms with Crippen LogP contribution in [-0.4, -0.2) is 25.8 Å². The molecule has 0 atom stereocenters. The first-order valence-electron chi connectivity index (χ1n) is 9.52. The van der Waals surface area contributed by atoms with E-state index in [1.165, 1.54) is 5.56 Å². The van der Waals surface area contributed by atoms with Gasteiger partial charge in [0.1, 0.15) is 5.82 Å². The van der Waals surface area contributed by atoms with Crippen LogP contribution in [0.25, 0.3) is 11.4 Å². The Kier molecular flexibility index (Phi) is 5.90. The van der Waals surface area contributed by atoms with Gasteiger partial charge in [0.05, 0.1) is 12.7 Å². The summed E-state index contributed by atoms with van der Waals surface area (Å²) >= 11 is 5.90. The Morgan fingerprint density at radius 2 is 2.00 bits per heavy atom. The summed E-state index contributed by atoms with van der Waals surface area (Å²) in [7, 11) is 0. The molecule has 0 aliphatic carbocycles. The fourth-order valence-corrected chi connectivity index (χ4v) is 3.17. The fourth-order valence-electron chi connectivity index (χ4n) is 3.05. The van der Waals surface area contributed by atoms with Crippen molar-refractivity contribution in [1.82, 2.24) is 19.9 Å². The Labute approximate surface area is 178 Å². The molecule has 0 aliphatic heterocycles. The van der Waals surface area contributed by atoms with Crippen LogP contribution in [0.2, 0.25) is 5.02 Å². The molecule has 152 valence electrons. The third-order valence-corrected chi connectivity index (χ3v) is 4.79. The van der Waals surface area contributed by atoms with E-state index in [0.717, 1.165) is 11.1 Å². The normalized spacial score (nSPS) is 10.9. The highest BCUT2D eigenvalue weighted by molar-refractivity contribution is 6.30. The van der Waals surface area contributed by atoms with Gasteiger partial charge in [-0.25, -0.2) is 4.68 Å². The number of halogens is 1. The molecule has 30 heavy (non-hydrogen) atoms. The van der Waals surface area contributed by atoms with E-state index in [9.17, 15) is 4.79 Å². The number of hydrogen-bond acceptors (Lipinski definition) is 5. The molecule has 2 heterocycles. The minimum absolute atomic E-state index is 0.146. The van der Waals surface area contributed by atoms with E-state index in [4.69, 9.17) is 16.1 Å². The lowest BCUT2D eigenvalue weighted by Crippen LogP contribution is -2.16. The number of carbonyl (C=O) groups is 1. The van der Waals surface area contributed by atoms with E-state index in [-0.39, 0.29) is 12.3 Å². The van der Waals surface area contributed by atoms with Gasteiger partial charge in [-0.3, -0.25) is 4.79 Å². The van der Waals surface area contributed by atoms with Crippen molar-refractivity contribution in [3.63, 3.8) is 0 Å². The average Bonchev–Trinajstić information content (AvgIpc) is 3.37. The summed E-state index contributed by atoms with van der Waals surface area (Å²) in [4.78, 5) is 16.7. The lowest BCUT2D eigenvalue weighted by Gasteiger charge is -2.09. The van der Waals surface area contributed by atoms with E-state index in [1.54, 1.807) is 29.1 Å². The van der Waals surface area contributed by atoms with E-state index in [0.29, 0.717) is 35.5 Å². The van der Waals surface area contributed by atoms with Gasteiger partial charge in [0.25, 0.3) is 0 Å². The molecular formula is C22H20ClN5O2. The Hall–Kier alpha value is -3.45. The second kappa shape index (κ2) is 8.92. The molecule has 0 fully saturated rings. The van der Waals surface area contributed by atoms with Gasteiger partial charge in [-0.2, -0.15) is 10.1 Å². The van der Waals surface area contributed by atoms with Crippen molar-refractivity contribution >= 4 is 23.3 Å². The van der Waals surface area contributed by atoms with Gasteiger partial charge in [-0.05, 0) is 36.8 Å². The van der Waals surface area contributed by atoms with Gasteiger partial charge in [-0.1, -0.05) is 46.6 Å². The SMILES string of the molecule is Cc1cccc(Cn2nccc2NC(=O)CCc2nc(-c3ccc(Cl)cc3)no2)c1. The van der Waals surface area contributed by atoms with E-state index in [1.807, 2.05) is 37.3 Å². The predicted octanol–water partition coefficient (Wildman–Crippen LogP) is 4.51. The third-order valence-electron chi connectivity index (χ3n) is 4.54. The van der Waals surface area contributed by atoms with Crippen LogP contribution in [0.1, 0.15) is 23.4 Å². The smallest absolute Gasteiger partial charge is 0.227 e. The highest BCUT2D eigenvalue weighted by atomic mass is 35.5. The van der Waals surface area contributed by atoms with Crippen LogP contribution >= 0.6 is 11.6 Å². The zero-order valence-corrected chi connectivity index (χ0v) is 17.1. The Morgan fingerprint density at radius 3 is 2.80 bits per heavy atom.